The summed E-state index contributed by atoms with van der Waals surface area (Å²) in [4.78, 5) is 9.05. The number of ether oxygens (including phenoxy) is 2. The van der Waals surface area contributed by atoms with Crippen LogP contribution in [0.1, 0.15) is 43.6 Å². The number of nitrogens with two attached hydrogens (primary N) is 1. The van der Waals surface area contributed by atoms with Gasteiger partial charge in [-0.05, 0) is 12.8 Å². The van der Waals surface area contributed by atoms with Crippen molar-refractivity contribution in [3.63, 3.8) is 0 Å². The van der Waals surface area contributed by atoms with Crippen molar-refractivity contribution in [2.24, 2.45) is 5.84 Å². The second-order valence-corrected chi connectivity index (χ2v) is 4.90. The van der Waals surface area contributed by atoms with Crippen LogP contribution in [0.25, 0.3) is 0 Å². The molecule has 0 bridgehead atoms. The number of hydrazine groups is 1. The third kappa shape index (κ3) is 3.02. The highest BCUT2D eigenvalue weighted by molar-refractivity contribution is 5.35. The smallest absolute Gasteiger partial charge is 0.162 e. The van der Waals surface area contributed by atoms with E-state index in [2.05, 4.69) is 15.4 Å². The van der Waals surface area contributed by atoms with E-state index in [-0.39, 0.29) is 5.60 Å². The van der Waals surface area contributed by atoms with Gasteiger partial charge in [0.25, 0.3) is 0 Å². The van der Waals surface area contributed by atoms with Gasteiger partial charge >= 0.3 is 0 Å². The van der Waals surface area contributed by atoms with Gasteiger partial charge in [-0.25, -0.2) is 15.8 Å². The zero-order valence-electron chi connectivity index (χ0n) is 11.6. The van der Waals surface area contributed by atoms with Gasteiger partial charge in [-0.2, -0.15) is 0 Å². The maximum atomic E-state index is 5.76. The van der Waals surface area contributed by atoms with Crippen LogP contribution < -0.4 is 11.3 Å². The highest BCUT2D eigenvalue weighted by Gasteiger charge is 2.37. The van der Waals surface area contributed by atoms with Crippen LogP contribution in [0.4, 0.5) is 5.82 Å². The van der Waals surface area contributed by atoms with Gasteiger partial charge in [0, 0.05) is 20.3 Å². The molecule has 0 spiro atoms. The molecule has 3 N–H and O–H groups in total. The summed E-state index contributed by atoms with van der Waals surface area (Å²) in [6.07, 6.45) is 5.41. The first-order chi connectivity index (χ1) is 9.24. The Morgan fingerprint density at radius 3 is 2.58 bits per heavy atom. The second kappa shape index (κ2) is 6.27. The molecule has 6 heteroatoms. The van der Waals surface area contributed by atoms with Crippen molar-refractivity contribution < 1.29 is 9.47 Å². The van der Waals surface area contributed by atoms with E-state index in [0.29, 0.717) is 18.2 Å². The van der Waals surface area contributed by atoms with Gasteiger partial charge in [-0.3, -0.25) is 0 Å². The molecule has 1 heterocycles. The fourth-order valence-electron chi connectivity index (χ4n) is 2.64. The van der Waals surface area contributed by atoms with Gasteiger partial charge in [-0.15, -0.1) is 0 Å². The Labute approximate surface area is 113 Å². The van der Waals surface area contributed by atoms with Crippen LogP contribution in [0.2, 0.25) is 0 Å². The monoisotopic (exact) mass is 266 g/mol. The molecule has 1 aromatic rings. The zero-order valence-corrected chi connectivity index (χ0v) is 11.6. The molecule has 0 radical (unpaired) electrons. The molecule has 0 unspecified atom stereocenters. The molecule has 0 aliphatic heterocycles. The van der Waals surface area contributed by atoms with Crippen LogP contribution in [0.3, 0.4) is 0 Å². The number of methoxy groups -OCH3 is 2. The lowest BCUT2D eigenvalue weighted by molar-refractivity contribution is -0.0517. The van der Waals surface area contributed by atoms with Crippen LogP contribution in [0.15, 0.2) is 6.07 Å². The minimum atomic E-state index is -0.381. The SMILES string of the molecule is COCc1cc(NN)nc(C2(OC)CCCCC2)n1. The van der Waals surface area contributed by atoms with E-state index < -0.39 is 0 Å². The molecule has 1 fully saturated rings. The summed E-state index contributed by atoms with van der Waals surface area (Å²) in [5.74, 6) is 6.78. The van der Waals surface area contributed by atoms with Gasteiger partial charge in [-0.1, -0.05) is 19.3 Å². The minimum absolute atomic E-state index is 0.381. The molecule has 1 aromatic heterocycles. The molecule has 0 amide bonds. The molecule has 106 valence electrons. The second-order valence-electron chi connectivity index (χ2n) is 4.90. The topological polar surface area (TPSA) is 82.3 Å². The molecule has 1 aliphatic carbocycles. The van der Waals surface area contributed by atoms with E-state index in [0.717, 1.165) is 31.4 Å². The third-order valence-electron chi connectivity index (χ3n) is 3.68. The Morgan fingerprint density at radius 2 is 2.00 bits per heavy atom. The van der Waals surface area contributed by atoms with Gasteiger partial charge in [0.15, 0.2) is 5.82 Å². The molecule has 1 saturated carbocycles. The summed E-state index contributed by atoms with van der Waals surface area (Å²) in [5, 5.41) is 0. The lowest BCUT2D eigenvalue weighted by Gasteiger charge is -2.34. The Kier molecular flexibility index (Phi) is 4.68. The number of anilines is 1. The van der Waals surface area contributed by atoms with Crippen molar-refractivity contribution in [1.29, 1.82) is 0 Å². The predicted octanol–water partition coefficient (Wildman–Crippen LogP) is 1.71. The first-order valence-electron chi connectivity index (χ1n) is 6.63. The number of nitrogens with zero attached hydrogens (tertiary/aromatic N) is 2. The van der Waals surface area contributed by atoms with Crippen molar-refractivity contribution in [3.8, 4) is 0 Å². The molecule has 0 aromatic carbocycles. The standard InChI is InChI=1S/C13H22N4O2/c1-18-9-10-8-11(17-14)16-12(15-10)13(19-2)6-4-3-5-7-13/h8H,3-7,9,14H2,1-2H3,(H,15,16,17). The molecule has 0 saturated heterocycles. The Morgan fingerprint density at radius 1 is 1.26 bits per heavy atom. The fraction of sp³-hybridized carbons (Fsp3) is 0.692. The van der Waals surface area contributed by atoms with Crippen LogP contribution in [-0.2, 0) is 21.7 Å². The normalized spacial score (nSPS) is 18.3. The molecule has 19 heavy (non-hydrogen) atoms. The Balaban J connectivity index is 2.37. The number of rotatable bonds is 5. The zero-order chi connectivity index (χ0) is 13.7. The molecule has 6 nitrogen and oxygen atoms in total. The summed E-state index contributed by atoms with van der Waals surface area (Å²) in [6.45, 7) is 0.435. The van der Waals surface area contributed by atoms with Crippen molar-refractivity contribution in [1.82, 2.24) is 9.97 Å². The van der Waals surface area contributed by atoms with Crippen molar-refractivity contribution >= 4 is 5.82 Å². The number of hydrogen-bond acceptors (Lipinski definition) is 6. The number of nitrogen functional groups attached to an aromatic ring is 1. The quantitative estimate of drug-likeness (QED) is 0.623. The highest BCUT2D eigenvalue weighted by atomic mass is 16.5. The van der Waals surface area contributed by atoms with Gasteiger partial charge in [0.2, 0.25) is 0 Å². The molecule has 1 aliphatic rings. The van der Waals surface area contributed by atoms with Crippen LogP contribution in [0, 0.1) is 0 Å². The fourth-order valence-corrected chi connectivity index (χ4v) is 2.64. The third-order valence-corrected chi connectivity index (χ3v) is 3.68. The minimum Gasteiger partial charge on any atom is -0.378 e. The average molecular weight is 266 g/mol. The lowest BCUT2D eigenvalue weighted by Crippen LogP contribution is -2.34. The first-order valence-corrected chi connectivity index (χ1v) is 6.63. The largest absolute Gasteiger partial charge is 0.378 e. The predicted molar refractivity (Wildman–Crippen MR) is 72.3 cm³/mol. The van der Waals surface area contributed by atoms with Crippen molar-refractivity contribution in [2.75, 3.05) is 19.6 Å². The number of nitrogens with one attached hydrogen (secondary N) is 1. The number of aromatic nitrogens is 2. The van der Waals surface area contributed by atoms with Gasteiger partial charge < -0.3 is 14.9 Å². The summed E-state index contributed by atoms with van der Waals surface area (Å²) < 4.78 is 10.9. The van der Waals surface area contributed by atoms with Gasteiger partial charge in [0.05, 0.1) is 12.3 Å². The van der Waals surface area contributed by atoms with E-state index in [4.69, 9.17) is 15.3 Å². The van der Waals surface area contributed by atoms with Gasteiger partial charge in [0.1, 0.15) is 11.4 Å². The van der Waals surface area contributed by atoms with Crippen molar-refractivity contribution in [2.45, 2.75) is 44.3 Å². The first kappa shape index (κ1) is 14.2. The Bertz CT molecular complexity index is 419. The molecular formula is C13H22N4O2. The average Bonchev–Trinajstić information content (AvgIpc) is 2.48. The number of hydrogen-bond donors (Lipinski definition) is 2. The summed E-state index contributed by atoms with van der Waals surface area (Å²) in [5.41, 5.74) is 3.01. The van der Waals surface area contributed by atoms with E-state index in [1.807, 2.05) is 0 Å². The molecule has 0 atom stereocenters. The van der Waals surface area contributed by atoms with E-state index in [9.17, 15) is 0 Å². The lowest BCUT2D eigenvalue weighted by atomic mass is 9.84. The molecular weight excluding hydrogens is 244 g/mol. The summed E-state index contributed by atoms with van der Waals surface area (Å²) in [6, 6.07) is 1.79. The van der Waals surface area contributed by atoms with Crippen LogP contribution >= 0.6 is 0 Å². The maximum Gasteiger partial charge on any atom is 0.162 e. The van der Waals surface area contributed by atoms with Crippen LogP contribution in [-0.4, -0.2) is 24.2 Å². The summed E-state index contributed by atoms with van der Waals surface area (Å²) >= 11 is 0. The Hall–Kier alpha value is -1.24. The van der Waals surface area contributed by atoms with Crippen LogP contribution in [0.5, 0.6) is 0 Å². The van der Waals surface area contributed by atoms with E-state index in [1.165, 1.54) is 6.42 Å². The summed E-state index contributed by atoms with van der Waals surface area (Å²) in [7, 11) is 3.37. The highest BCUT2D eigenvalue weighted by Crippen LogP contribution is 2.38. The maximum absolute atomic E-state index is 5.76. The van der Waals surface area contributed by atoms with Crippen molar-refractivity contribution in [3.05, 3.63) is 17.6 Å². The van der Waals surface area contributed by atoms with E-state index >= 15 is 0 Å². The van der Waals surface area contributed by atoms with E-state index in [1.54, 1.807) is 20.3 Å². The molecule has 2 rings (SSSR count).